The first-order valence-corrected chi connectivity index (χ1v) is 4.99. The van der Waals surface area contributed by atoms with E-state index in [0.717, 1.165) is 5.92 Å². The maximum Gasteiger partial charge on any atom is 0.00142 e. The Labute approximate surface area is 69.6 Å². The molecule has 63 valence electrons. The van der Waals surface area contributed by atoms with Gasteiger partial charge in [-0.3, -0.25) is 0 Å². The molecule has 0 amide bonds. The lowest BCUT2D eigenvalue weighted by molar-refractivity contribution is 0.506. The van der Waals surface area contributed by atoms with Gasteiger partial charge in [0.25, 0.3) is 0 Å². The summed E-state index contributed by atoms with van der Waals surface area (Å²) in [5.41, 5.74) is 0. The molecular formula is C10H18N. The van der Waals surface area contributed by atoms with Gasteiger partial charge in [0.1, 0.15) is 0 Å². The predicted molar refractivity (Wildman–Crippen MR) is 47.3 cm³/mol. The van der Waals surface area contributed by atoms with Crippen molar-refractivity contribution in [2.45, 2.75) is 38.5 Å². The Morgan fingerprint density at radius 1 is 1.27 bits per heavy atom. The van der Waals surface area contributed by atoms with Crippen molar-refractivity contribution in [1.29, 1.82) is 0 Å². The highest BCUT2D eigenvalue weighted by Gasteiger charge is 2.22. The lowest BCUT2D eigenvalue weighted by atomic mass is 9.93. The Morgan fingerprint density at radius 3 is 2.73 bits per heavy atom. The highest BCUT2D eigenvalue weighted by molar-refractivity contribution is 4.99. The van der Waals surface area contributed by atoms with Crippen LogP contribution >= 0.6 is 0 Å². The molecule has 0 aromatic heterocycles. The van der Waals surface area contributed by atoms with E-state index in [2.05, 4.69) is 5.32 Å². The topological polar surface area (TPSA) is 12.0 Å². The van der Waals surface area contributed by atoms with Gasteiger partial charge in [0.15, 0.2) is 0 Å². The van der Waals surface area contributed by atoms with Crippen LogP contribution in [0, 0.1) is 11.8 Å². The van der Waals surface area contributed by atoms with E-state index < -0.39 is 0 Å². The van der Waals surface area contributed by atoms with E-state index in [1.165, 1.54) is 51.6 Å². The van der Waals surface area contributed by atoms with Gasteiger partial charge in [-0.05, 0) is 31.2 Å². The average Bonchev–Trinajstić information content (AvgIpc) is 2.60. The van der Waals surface area contributed by atoms with Crippen LogP contribution in [0.25, 0.3) is 0 Å². The lowest BCUT2D eigenvalue weighted by Crippen LogP contribution is -2.09. The quantitative estimate of drug-likeness (QED) is 0.639. The molecule has 1 saturated carbocycles. The van der Waals surface area contributed by atoms with E-state index in [1.807, 2.05) is 0 Å². The molecule has 1 aliphatic heterocycles. The molecule has 0 spiro atoms. The Morgan fingerprint density at radius 2 is 2.09 bits per heavy atom. The smallest absolute Gasteiger partial charge is 0.00142 e. The molecule has 2 rings (SSSR count). The maximum absolute atomic E-state index is 3.41. The van der Waals surface area contributed by atoms with Crippen molar-refractivity contribution in [2.24, 2.45) is 5.92 Å². The zero-order chi connectivity index (χ0) is 7.52. The monoisotopic (exact) mass is 152 g/mol. The SMILES string of the molecule is C1CCC(C[C]2CCNC2)C1. The van der Waals surface area contributed by atoms with Crippen LogP contribution in [0.5, 0.6) is 0 Å². The van der Waals surface area contributed by atoms with Gasteiger partial charge in [0.05, 0.1) is 0 Å². The van der Waals surface area contributed by atoms with Crippen molar-refractivity contribution in [2.75, 3.05) is 13.1 Å². The first-order chi connectivity index (χ1) is 5.45. The molecule has 0 aromatic rings. The Hall–Kier alpha value is -0.0400. The molecule has 0 unspecified atom stereocenters. The summed E-state index contributed by atoms with van der Waals surface area (Å²) in [6.07, 6.45) is 8.78. The van der Waals surface area contributed by atoms with Crippen LogP contribution in [0.2, 0.25) is 0 Å². The minimum atomic E-state index is 1.06. The van der Waals surface area contributed by atoms with E-state index in [1.54, 1.807) is 5.92 Å². The van der Waals surface area contributed by atoms with Crippen molar-refractivity contribution in [3.63, 3.8) is 0 Å². The molecule has 1 radical (unpaired) electrons. The summed E-state index contributed by atoms with van der Waals surface area (Å²) in [5.74, 6) is 2.85. The third kappa shape index (κ3) is 1.96. The predicted octanol–water partition coefficient (Wildman–Crippen LogP) is 2.13. The van der Waals surface area contributed by atoms with Crippen LogP contribution in [0.1, 0.15) is 38.5 Å². The van der Waals surface area contributed by atoms with E-state index >= 15 is 0 Å². The fourth-order valence-electron chi connectivity index (χ4n) is 2.42. The minimum Gasteiger partial charge on any atom is -0.316 e. The van der Waals surface area contributed by atoms with E-state index in [9.17, 15) is 0 Å². The Kier molecular flexibility index (Phi) is 2.47. The van der Waals surface area contributed by atoms with Crippen LogP contribution in [0.3, 0.4) is 0 Å². The molecule has 1 heterocycles. The second-order valence-electron chi connectivity index (χ2n) is 4.03. The highest BCUT2D eigenvalue weighted by Crippen LogP contribution is 2.32. The molecule has 1 saturated heterocycles. The van der Waals surface area contributed by atoms with Crippen molar-refractivity contribution < 1.29 is 0 Å². The van der Waals surface area contributed by atoms with Crippen LogP contribution in [-0.4, -0.2) is 13.1 Å². The number of rotatable bonds is 2. The first kappa shape index (κ1) is 7.60. The summed E-state index contributed by atoms with van der Waals surface area (Å²) in [6.45, 7) is 2.46. The van der Waals surface area contributed by atoms with Crippen LogP contribution in [-0.2, 0) is 0 Å². The van der Waals surface area contributed by atoms with E-state index in [4.69, 9.17) is 0 Å². The molecule has 11 heavy (non-hydrogen) atoms. The molecule has 1 aliphatic carbocycles. The normalized spacial score (nSPS) is 28.4. The van der Waals surface area contributed by atoms with Gasteiger partial charge < -0.3 is 5.32 Å². The summed E-state index contributed by atoms with van der Waals surface area (Å²) in [4.78, 5) is 0. The zero-order valence-electron chi connectivity index (χ0n) is 7.23. The van der Waals surface area contributed by atoms with Crippen LogP contribution in [0.15, 0.2) is 0 Å². The largest absolute Gasteiger partial charge is 0.316 e. The second-order valence-corrected chi connectivity index (χ2v) is 4.03. The summed E-state index contributed by atoms with van der Waals surface area (Å²) >= 11 is 0. The highest BCUT2D eigenvalue weighted by atomic mass is 14.9. The molecule has 2 fully saturated rings. The van der Waals surface area contributed by atoms with Gasteiger partial charge in [0, 0.05) is 6.54 Å². The molecular weight excluding hydrogens is 134 g/mol. The van der Waals surface area contributed by atoms with Crippen molar-refractivity contribution >= 4 is 0 Å². The second kappa shape index (κ2) is 3.57. The van der Waals surface area contributed by atoms with E-state index in [-0.39, 0.29) is 0 Å². The number of hydrogen-bond donors (Lipinski definition) is 1. The molecule has 0 bridgehead atoms. The standard InChI is InChI=1S/C10H18N/c1-2-4-9(3-1)7-10-5-6-11-8-10/h9,11H,1-8H2. The van der Waals surface area contributed by atoms with Crippen LogP contribution in [0.4, 0.5) is 0 Å². The van der Waals surface area contributed by atoms with Gasteiger partial charge in [-0.25, -0.2) is 0 Å². The summed E-state index contributed by atoms with van der Waals surface area (Å²) in [5, 5.41) is 3.41. The van der Waals surface area contributed by atoms with Gasteiger partial charge in [-0.1, -0.05) is 25.7 Å². The molecule has 1 N–H and O–H groups in total. The Bertz CT molecular complexity index is 96.0. The van der Waals surface area contributed by atoms with Gasteiger partial charge in [-0.15, -0.1) is 0 Å². The van der Waals surface area contributed by atoms with Crippen molar-refractivity contribution in [3.8, 4) is 0 Å². The number of nitrogens with one attached hydrogen (secondary N) is 1. The fraction of sp³-hybridized carbons (Fsp3) is 0.900. The van der Waals surface area contributed by atoms with Crippen LogP contribution < -0.4 is 5.32 Å². The average molecular weight is 152 g/mol. The number of hydrogen-bond acceptors (Lipinski definition) is 1. The minimum absolute atomic E-state index is 1.06. The molecule has 1 nitrogen and oxygen atoms in total. The third-order valence-corrected chi connectivity index (χ3v) is 3.08. The summed E-state index contributed by atoms with van der Waals surface area (Å²) < 4.78 is 0. The molecule has 0 aromatic carbocycles. The van der Waals surface area contributed by atoms with Gasteiger partial charge in [0.2, 0.25) is 0 Å². The Balaban J connectivity index is 1.71. The van der Waals surface area contributed by atoms with Gasteiger partial charge >= 0.3 is 0 Å². The molecule has 2 aliphatic rings. The molecule has 1 heteroatoms. The summed E-state index contributed by atoms with van der Waals surface area (Å²) in [6, 6.07) is 0. The molecule has 0 atom stereocenters. The fourth-order valence-corrected chi connectivity index (χ4v) is 2.42. The van der Waals surface area contributed by atoms with Crippen molar-refractivity contribution in [1.82, 2.24) is 5.32 Å². The van der Waals surface area contributed by atoms with Gasteiger partial charge in [-0.2, -0.15) is 0 Å². The maximum atomic E-state index is 3.41. The zero-order valence-corrected chi connectivity index (χ0v) is 7.23. The first-order valence-electron chi connectivity index (χ1n) is 4.99. The third-order valence-electron chi connectivity index (χ3n) is 3.08. The van der Waals surface area contributed by atoms with E-state index in [0.29, 0.717) is 0 Å². The van der Waals surface area contributed by atoms with Crippen molar-refractivity contribution in [3.05, 3.63) is 5.92 Å². The summed E-state index contributed by atoms with van der Waals surface area (Å²) in [7, 11) is 0. The lowest BCUT2D eigenvalue weighted by Gasteiger charge is -2.12.